The smallest absolute Gasteiger partial charge is 0.351 e. The Hall–Kier alpha value is -1.89. The fourth-order valence-corrected chi connectivity index (χ4v) is 2.01. The highest BCUT2D eigenvalue weighted by atomic mass is 127. The van der Waals surface area contributed by atoms with E-state index in [-0.39, 0.29) is 17.1 Å². The van der Waals surface area contributed by atoms with Crippen molar-refractivity contribution < 1.29 is 14.3 Å². The van der Waals surface area contributed by atoms with Gasteiger partial charge in [-0.05, 0) is 53.3 Å². The van der Waals surface area contributed by atoms with Gasteiger partial charge in [0, 0.05) is 9.64 Å². The number of carbonyl (C=O) groups is 1. The van der Waals surface area contributed by atoms with E-state index in [2.05, 4.69) is 22.6 Å². The summed E-state index contributed by atoms with van der Waals surface area (Å²) in [4.78, 5) is 23.5. The van der Waals surface area contributed by atoms with Crippen LogP contribution in [0.2, 0.25) is 0 Å². The average Bonchev–Trinajstić information content (AvgIpc) is 2.37. The van der Waals surface area contributed by atoms with E-state index in [1.807, 2.05) is 24.3 Å². The van der Waals surface area contributed by atoms with Gasteiger partial charge in [0.2, 0.25) is 0 Å². The first-order chi connectivity index (χ1) is 9.47. The topological polar surface area (TPSA) is 67.5 Å². The second kappa shape index (κ2) is 6.04. The second-order valence-corrected chi connectivity index (χ2v) is 5.40. The monoisotopic (exact) mass is 382 g/mol. The number of allylic oxidation sites excluding steroid dienone is 1. The molecule has 0 saturated carbocycles. The van der Waals surface area contributed by atoms with Crippen LogP contribution in [-0.2, 0) is 0 Å². The zero-order valence-corrected chi connectivity index (χ0v) is 12.7. The van der Waals surface area contributed by atoms with Crippen molar-refractivity contribution in [1.82, 2.24) is 0 Å². The number of hydrogen-bond acceptors (Lipinski definition) is 4. The summed E-state index contributed by atoms with van der Waals surface area (Å²) >= 11 is 2.18. The van der Waals surface area contributed by atoms with Gasteiger partial charge in [-0.3, -0.25) is 4.79 Å². The third-order valence-electron chi connectivity index (χ3n) is 2.60. The van der Waals surface area contributed by atoms with Crippen molar-refractivity contribution in [1.29, 1.82) is 0 Å². The quantitative estimate of drug-likeness (QED) is 0.503. The Bertz CT molecular complexity index is 727. The molecule has 0 spiro atoms. The van der Waals surface area contributed by atoms with Crippen LogP contribution >= 0.6 is 22.6 Å². The summed E-state index contributed by atoms with van der Waals surface area (Å²) in [5.41, 5.74) is -0.355. The first-order valence-electron chi connectivity index (χ1n) is 5.79. The lowest BCUT2D eigenvalue weighted by molar-refractivity contribution is 0.104. The molecule has 0 radical (unpaired) electrons. The van der Waals surface area contributed by atoms with Gasteiger partial charge >= 0.3 is 5.63 Å². The van der Waals surface area contributed by atoms with Crippen LogP contribution in [0.15, 0.2) is 45.6 Å². The van der Waals surface area contributed by atoms with Crippen LogP contribution in [0, 0.1) is 10.5 Å². The highest BCUT2D eigenvalue weighted by molar-refractivity contribution is 14.1. The maximum atomic E-state index is 11.9. The Morgan fingerprint density at radius 1 is 1.30 bits per heavy atom. The minimum absolute atomic E-state index is 0.255. The lowest BCUT2D eigenvalue weighted by Gasteiger charge is -2.00. The highest BCUT2D eigenvalue weighted by Crippen LogP contribution is 2.16. The third-order valence-corrected chi connectivity index (χ3v) is 3.32. The van der Waals surface area contributed by atoms with E-state index in [4.69, 9.17) is 4.42 Å². The minimum atomic E-state index is -0.834. The molecule has 0 bridgehead atoms. The number of halogens is 1. The number of benzene rings is 1. The molecule has 0 amide bonds. The van der Waals surface area contributed by atoms with Gasteiger partial charge in [0.15, 0.2) is 5.78 Å². The number of carbonyl (C=O) groups excluding carboxylic acids is 1. The van der Waals surface area contributed by atoms with Gasteiger partial charge in [-0.25, -0.2) is 4.79 Å². The van der Waals surface area contributed by atoms with Crippen molar-refractivity contribution in [2.45, 2.75) is 6.92 Å². The van der Waals surface area contributed by atoms with Crippen molar-refractivity contribution in [3.63, 3.8) is 0 Å². The second-order valence-electron chi connectivity index (χ2n) is 4.15. The Kier molecular flexibility index (Phi) is 4.39. The molecule has 2 aromatic rings. The normalized spacial score (nSPS) is 10.9. The Morgan fingerprint density at radius 3 is 2.55 bits per heavy atom. The maximum absolute atomic E-state index is 11.9. The van der Waals surface area contributed by atoms with Crippen LogP contribution in [0.5, 0.6) is 5.75 Å². The maximum Gasteiger partial charge on any atom is 0.351 e. The van der Waals surface area contributed by atoms with Crippen LogP contribution < -0.4 is 5.63 Å². The fraction of sp³-hybridized carbons (Fsp3) is 0.0667. The van der Waals surface area contributed by atoms with Crippen LogP contribution in [-0.4, -0.2) is 10.9 Å². The molecule has 5 heteroatoms. The molecule has 1 heterocycles. The average molecular weight is 382 g/mol. The van der Waals surface area contributed by atoms with E-state index in [1.54, 1.807) is 6.08 Å². The number of rotatable bonds is 3. The molecule has 0 aliphatic heterocycles. The van der Waals surface area contributed by atoms with Crippen LogP contribution in [0.25, 0.3) is 6.08 Å². The molecule has 4 nitrogen and oxygen atoms in total. The van der Waals surface area contributed by atoms with E-state index in [0.29, 0.717) is 0 Å². The van der Waals surface area contributed by atoms with E-state index in [9.17, 15) is 14.7 Å². The summed E-state index contributed by atoms with van der Waals surface area (Å²) in [6, 6.07) is 8.75. The molecule has 0 saturated heterocycles. The molecular weight excluding hydrogens is 371 g/mol. The summed E-state index contributed by atoms with van der Waals surface area (Å²) in [5, 5.41) is 9.66. The van der Waals surface area contributed by atoms with Crippen molar-refractivity contribution in [2.24, 2.45) is 0 Å². The molecular formula is C15H11IO4. The van der Waals surface area contributed by atoms with E-state index < -0.39 is 11.4 Å². The van der Waals surface area contributed by atoms with E-state index in [1.165, 1.54) is 19.1 Å². The fourth-order valence-electron chi connectivity index (χ4n) is 1.65. The summed E-state index contributed by atoms with van der Waals surface area (Å²) in [6.45, 7) is 1.52. The van der Waals surface area contributed by atoms with Gasteiger partial charge in [-0.2, -0.15) is 0 Å². The zero-order chi connectivity index (χ0) is 14.7. The van der Waals surface area contributed by atoms with Gasteiger partial charge in [0.1, 0.15) is 17.1 Å². The van der Waals surface area contributed by atoms with Gasteiger partial charge in [0.25, 0.3) is 0 Å². The molecule has 0 aliphatic carbocycles. The van der Waals surface area contributed by atoms with Gasteiger partial charge in [0.05, 0.1) is 0 Å². The molecule has 1 N–H and O–H groups in total. The number of aryl methyl sites for hydroxylation is 1. The zero-order valence-electron chi connectivity index (χ0n) is 10.6. The molecule has 0 aliphatic rings. The lowest BCUT2D eigenvalue weighted by atomic mass is 10.1. The summed E-state index contributed by atoms with van der Waals surface area (Å²) in [7, 11) is 0. The molecule has 1 aromatic carbocycles. The molecule has 20 heavy (non-hydrogen) atoms. The van der Waals surface area contributed by atoms with Crippen molar-refractivity contribution >= 4 is 34.5 Å². The van der Waals surface area contributed by atoms with Crippen LogP contribution in [0.3, 0.4) is 0 Å². The summed E-state index contributed by atoms with van der Waals surface area (Å²) < 4.78 is 5.89. The number of hydrogen-bond donors (Lipinski definition) is 1. The Labute approximate surface area is 128 Å². The molecule has 0 fully saturated rings. The first-order valence-corrected chi connectivity index (χ1v) is 6.87. The largest absolute Gasteiger partial charge is 0.507 e. The Balaban J connectivity index is 2.29. The van der Waals surface area contributed by atoms with Gasteiger partial charge in [-0.15, -0.1) is 0 Å². The van der Waals surface area contributed by atoms with E-state index >= 15 is 0 Å². The van der Waals surface area contributed by atoms with Crippen LogP contribution in [0.1, 0.15) is 21.7 Å². The van der Waals surface area contributed by atoms with E-state index in [0.717, 1.165) is 9.13 Å². The summed E-state index contributed by atoms with van der Waals surface area (Å²) in [5.74, 6) is -0.698. The lowest BCUT2D eigenvalue weighted by Crippen LogP contribution is -2.12. The first kappa shape index (κ1) is 14.5. The summed E-state index contributed by atoms with van der Waals surface area (Å²) in [6.07, 6.45) is 2.82. The van der Waals surface area contributed by atoms with Crippen LogP contribution in [0.4, 0.5) is 0 Å². The molecule has 2 rings (SSSR count). The predicted octanol–water partition coefficient (Wildman–Crippen LogP) is 3.15. The molecule has 0 atom stereocenters. The Morgan fingerprint density at radius 2 is 1.95 bits per heavy atom. The minimum Gasteiger partial charge on any atom is -0.507 e. The van der Waals surface area contributed by atoms with Gasteiger partial charge < -0.3 is 9.52 Å². The van der Waals surface area contributed by atoms with Crippen molar-refractivity contribution in [2.75, 3.05) is 0 Å². The molecule has 102 valence electrons. The predicted molar refractivity (Wildman–Crippen MR) is 83.9 cm³/mol. The number of aromatic hydroxyl groups is 1. The highest BCUT2D eigenvalue weighted by Gasteiger charge is 2.15. The van der Waals surface area contributed by atoms with Crippen molar-refractivity contribution in [3.05, 3.63) is 67.3 Å². The van der Waals surface area contributed by atoms with Gasteiger partial charge in [-0.1, -0.05) is 18.2 Å². The third kappa shape index (κ3) is 3.36. The molecule has 0 unspecified atom stereocenters. The SMILES string of the molecule is Cc1cc(O)c(C(=O)C=Cc2ccc(I)cc2)c(=O)o1. The molecule has 1 aromatic heterocycles. The van der Waals surface area contributed by atoms with Crippen molar-refractivity contribution in [3.8, 4) is 5.75 Å². The standard InChI is InChI=1S/C15H11IO4/c1-9-8-13(18)14(15(19)20-9)12(17)7-4-10-2-5-11(16)6-3-10/h2-8,18H,1H3. The number of ketones is 1.